The van der Waals surface area contributed by atoms with E-state index < -0.39 is 11.6 Å². The lowest BCUT2D eigenvalue weighted by atomic mass is 9.49. The van der Waals surface area contributed by atoms with Crippen LogP contribution in [0.15, 0.2) is 36.4 Å². The van der Waals surface area contributed by atoms with Gasteiger partial charge in [0.05, 0.1) is 0 Å². The molecule has 4 saturated carbocycles. The molecule has 0 atom stereocenters. The zero-order valence-corrected chi connectivity index (χ0v) is 20.0. The van der Waals surface area contributed by atoms with Gasteiger partial charge in [0.2, 0.25) is 5.91 Å². The first-order valence-electron chi connectivity index (χ1n) is 13.0. The Balaban J connectivity index is 1.13. The molecule has 2 aromatic rings. The second-order valence-corrected chi connectivity index (χ2v) is 11.5. The molecule has 4 fully saturated rings. The van der Waals surface area contributed by atoms with Crippen molar-refractivity contribution in [3.8, 4) is 0 Å². The summed E-state index contributed by atoms with van der Waals surface area (Å²) in [6.45, 7) is 0.711. The summed E-state index contributed by atoms with van der Waals surface area (Å²) >= 11 is 0. The molecule has 1 N–H and O–H groups in total. The van der Waals surface area contributed by atoms with E-state index in [0.29, 0.717) is 24.9 Å². The van der Waals surface area contributed by atoms with Crippen LogP contribution in [-0.4, -0.2) is 29.8 Å². The summed E-state index contributed by atoms with van der Waals surface area (Å²) in [4.78, 5) is 28.0. The molecule has 184 valence electrons. The van der Waals surface area contributed by atoms with Gasteiger partial charge in [-0.05, 0) is 104 Å². The SMILES string of the molecule is O=C(CC12CC3CC(CC(C3)C1)C2)Nc1cccc2c1CCN(CCc1c(F)cccc1F)C2=O. The minimum absolute atomic E-state index is 0.0109. The highest BCUT2D eigenvalue weighted by molar-refractivity contribution is 6.00. The van der Waals surface area contributed by atoms with Crippen molar-refractivity contribution in [3.05, 3.63) is 64.7 Å². The molecule has 1 aliphatic heterocycles. The number of hydrogen-bond acceptors (Lipinski definition) is 2. The van der Waals surface area contributed by atoms with E-state index in [1.54, 1.807) is 17.0 Å². The number of hydrogen-bond donors (Lipinski definition) is 1. The van der Waals surface area contributed by atoms with E-state index in [2.05, 4.69) is 5.32 Å². The Bertz CT molecular complexity index is 1120. The Morgan fingerprint density at radius 3 is 2.26 bits per heavy atom. The molecule has 0 saturated heterocycles. The van der Waals surface area contributed by atoms with E-state index >= 15 is 0 Å². The second kappa shape index (κ2) is 8.72. The Morgan fingerprint density at radius 1 is 0.971 bits per heavy atom. The van der Waals surface area contributed by atoms with Crippen molar-refractivity contribution in [3.63, 3.8) is 0 Å². The number of anilines is 1. The minimum Gasteiger partial charge on any atom is -0.338 e. The van der Waals surface area contributed by atoms with E-state index in [1.165, 1.54) is 56.7 Å². The molecule has 4 nitrogen and oxygen atoms in total. The van der Waals surface area contributed by atoms with Crippen molar-refractivity contribution in [2.75, 3.05) is 18.4 Å². The third kappa shape index (κ3) is 4.25. The van der Waals surface area contributed by atoms with Crippen LogP contribution < -0.4 is 5.32 Å². The van der Waals surface area contributed by atoms with E-state index in [0.717, 1.165) is 29.0 Å². The molecule has 2 aromatic carbocycles. The van der Waals surface area contributed by atoms with Gasteiger partial charge in [-0.25, -0.2) is 8.78 Å². The monoisotopic (exact) mass is 478 g/mol. The van der Waals surface area contributed by atoms with E-state index in [4.69, 9.17) is 0 Å². The Morgan fingerprint density at radius 2 is 1.60 bits per heavy atom. The molecule has 0 spiro atoms. The van der Waals surface area contributed by atoms with Crippen molar-refractivity contribution >= 4 is 17.5 Å². The number of carbonyl (C=O) groups is 2. The second-order valence-electron chi connectivity index (χ2n) is 11.5. The van der Waals surface area contributed by atoms with Crippen LogP contribution in [0.1, 0.15) is 66.4 Å². The smallest absolute Gasteiger partial charge is 0.254 e. The maximum atomic E-state index is 14.0. The Labute approximate surface area is 205 Å². The molecule has 0 unspecified atom stereocenters. The molecule has 35 heavy (non-hydrogen) atoms. The van der Waals surface area contributed by atoms with Crippen LogP contribution in [0.3, 0.4) is 0 Å². The van der Waals surface area contributed by atoms with Gasteiger partial charge in [0.1, 0.15) is 11.6 Å². The summed E-state index contributed by atoms with van der Waals surface area (Å²) in [5, 5.41) is 3.14. The molecular weight excluding hydrogens is 446 g/mol. The molecule has 4 aliphatic carbocycles. The summed E-state index contributed by atoms with van der Waals surface area (Å²) in [5.74, 6) is 1.16. The lowest BCUT2D eigenvalue weighted by Gasteiger charge is -2.56. The molecule has 6 heteroatoms. The maximum absolute atomic E-state index is 14.0. The third-order valence-electron chi connectivity index (χ3n) is 8.99. The van der Waals surface area contributed by atoms with Gasteiger partial charge < -0.3 is 10.2 Å². The average molecular weight is 479 g/mol. The predicted octanol–water partition coefficient (Wildman–Crippen LogP) is 5.75. The highest BCUT2D eigenvalue weighted by atomic mass is 19.1. The standard InChI is InChI=1S/C29H32F2N2O2/c30-24-4-2-5-25(31)23(24)8-10-33-9-7-21-22(28(33)35)3-1-6-26(21)32-27(34)17-29-14-18-11-19(15-29)13-20(12-18)16-29/h1-6,18-20H,7-17H2,(H,32,34). The lowest BCUT2D eigenvalue weighted by molar-refractivity contribution is -0.124. The minimum atomic E-state index is -0.584. The molecule has 7 rings (SSSR count). The van der Waals surface area contributed by atoms with Crippen LogP contribution in [0, 0.1) is 34.8 Å². The fourth-order valence-electron chi connectivity index (χ4n) is 7.97. The number of rotatable bonds is 6. The van der Waals surface area contributed by atoms with Gasteiger partial charge in [0, 0.05) is 36.3 Å². The first kappa shape index (κ1) is 22.7. The first-order chi connectivity index (χ1) is 16.9. The zero-order valence-electron chi connectivity index (χ0n) is 20.0. The number of nitrogens with one attached hydrogen (secondary N) is 1. The van der Waals surface area contributed by atoms with Crippen LogP contribution in [-0.2, 0) is 17.6 Å². The Kier molecular flexibility index (Phi) is 5.65. The highest BCUT2D eigenvalue weighted by Crippen LogP contribution is 2.61. The number of halogens is 2. The molecule has 4 bridgehead atoms. The highest BCUT2D eigenvalue weighted by Gasteiger charge is 2.51. The molecular formula is C29H32F2N2O2. The van der Waals surface area contributed by atoms with Crippen LogP contribution in [0.25, 0.3) is 0 Å². The van der Waals surface area contributed by atoms with Gasteiger partial charge in [-0.3, -0.25) is 9.59 Å². The maximum Gasteiger partial charge on any atom is 0.254 e. The van der Waals surface area contributed by atoms with Crippen LogP contribution >= 0.6 is 0 Å². The topological polar surface area (TPSA) is 49.4 Å². The van der Waals surface area contributed by atoms with Gasteiger partial charge in [-0.1, -0.05) is 12.1 Å². The van der Waals surface area contributed by atoms with Crippen molar-refractivity contribution in [1.82, 2.24) is 4.90 Å². The summed E-state index contributed by atoms with van der Waals surface area (Å²) in [6, 6.07) is 9.29. The van der Waals surface area contributed by atoms with Gasteiger partial charge in [-0.15, -0.1) is 0 Å². The average Bonchev–Trinajstić information content (AvgIpc) is 2.79. The van der Waals surface area contributed by atoms with Gasteiger partial charge in [0.25, 0.3) is 5.91 Å². The van der Waals surface area contributed by atoms with Crippen molar-refractivity contribution < 1.29 is 18.4 Å². The molecule has 2 amide bonds. The van der Waals surface area contributed by atoms with E-state index in [1.807, 2.05) is 6.07 Å². The van der Waals surface area contributed by atoms with Crippen molar-refractivity contribution in [2.45, 2.75) is 57.8 Å². The van der Waals surface area contributed by atoms with Gasteiger partial charge >= 0.3 is 0 Å². The summed E-state index contributed by atoms with van der Waals surface area (Å²) in [5.41, 5.74) is 2.34. The number of fused-ring (bicyclic) bond motifs is 1. The fourth-order valence-corrected chi connectivity index (χ4v) is 7.97. The van der Waals surface area contributed by atoms with Crippen molar-refractivity contribution in [2.24, 2.45) is 23.2 Å². The third-order valence-corrected chi connectivity index (χ3v) is 8.99. The first-order valence-corrected chi connectivity index (χ1v) is 13.0. The van der Waals surface area contributed by atoms with E-state index in [-0.39, 0.29) is 35.8 Å². The number of amides is 2. The largest absolute Gasteiger partial charge is 0.338 e. The predicted molar refractivity (Wildman–Crippen MR) is 130 cm³/mol. The molecule has 0 radical (unpaired) electrons. The number of benzene rings is 2. The number of carbonyl (C=O) groups excluding carboxylic acids is 2. The molecule has 1 heterocycles. The van der Waals surface area contributed by atoms with Crippen LogP contribution in [0.2, 0.25) is 0 Å². The fraction of sp³-hybridized carbons (Fsp3) is 0.517. The quantitative estimate of drug-likeness (QED) is 0.575. The normalized spacial score (nSPS) is 28.8. The van der Waals surface area contributed by atoms with E-state index in [9.17, 15) is 18.4 Å². The summed E-state index contributed by atoms with van der Waals surface area (Å²) in [7, 11) is 0. The zero-order chi connectivity index (χ0) is 24.2. The van der Waals surface area contributed by atoms with Crippen LogP contribution in [0.4, 0.5) is 14.5 Å². The number of nitrogens with zero attached hydrogens (tertiary/aromatic N) is 1. The van der Waals surface area contributed by atoms with Gasteiger partial charge in [0.15, 0.2) is 0 Å². The molecule has 0 aromatic heterocycles. The van der Waals surface area contributed by atoms with Gasteiger partial charge in [-0.2, -0.15) is 0 Å². The summed E-state index contributed by atoms with van der Waals surface area (Å²) in [6.07, 6.45) is 8.95. The van der Waals surface area contributed by atoms with Crippen molar-refractivity contribution in [1.29, 1.82) is 0 Å². The Hall–Kier alpha value is -2.76. The lowest BCUT2D eigenvalue weighted by Crippen LogP contribution is -2.47. The van der Waals surface area contributed by atoms with Crippen LogP contribution in [0.5, 0.6) is 0 Å². The molecule has 5 aliphatic rings. The summed E-state index contributed by atoms with van der Waals surface area (Å²) < 4.78 is 28.0.